The minimum absolute atomic E-state index is 0.131. The maximum Gasteiger partial charge on any atom is 0.224 e. The van der Waals surface area contributed by atoms with Crippen LogP contribution in [0.4, 0.5) is 0 Å². The zero-order valence-corrected chi connectivity index (χ0v) is 10.9. The Balaban J connectivity index is 1.53. The molecule has 4 heteroatoms. The molecular weight excluding hydrogens is 238 g/mol. The van der Waals surface area contributed by atoms with Gasteiger partial charge in [0.05, 0.1) is 12.2 Å². The topological polar surface area (TPSA) is 46.9 Å². The molecule has 3 rings (SSSR count). The molecule has 1 amide bonds. The standard InChI is InChI=1S/C15H17N3O/c1-18-8-7-12(17-18)10-16-15(19)14-9-13(14)11-5-3-2-4-6-11/h2-8,13-14H,9-10H2,1H3,(H,16,19). The van der Waals surface area contributed by atoms with Crippen LogP contribution in [0.1, 0.15) is 23.6 Å². The van der Waals surface area contributed by atoms with E-state index >= 15 is 0 Å². The van der Waals surface area contributed by atoms with E-state index in [4.69, 9.17) is 0 Å². The fourth-order valence-corrected chi connectivity index (χ4v) is 2.42. The van der Waals surface area contributed by atoms with Gasteiger partial charge in [0.25, 0.3) is 0 Å². The van der Waals surface area contributed by atoms with Gasteiger partial charge in [-0.2, -0.15) is 5.10 Å². The summed E-state index contributed by atoms with van der Waals surface area (Å²) in [7, 11) is 1.87. The van der Waals surface area contributed by atoms with E-state index in [9.17, 15) is 4.79 Å². The molecule has 1 saturated carbocycles. The second-order valence-electron chi connectivity index (χ2n) is 5.06. The van der Waals surface area contributed by atoms with Crippen LogP contribution in [0.3, 0.4) is 0 Å². The van der Waals surface area contributed by atoms with Crippen LogP contribution in [0.5, 0.6) is 0 Å². The summed E-state index contributed by atoms with van der Waals surface area (Å²) in [5.41, 5.74) is 2.16. The summed E-state index contributed by atoms with van der Waals surface area (Å²) in [6, 6.07) is 12.2. The molecule has 1 aromatic carbocycles. The first-order valence-corrected chi connectivity index (χ1v) is 6.55. The highest BCUT2D eigenvalue weighted by molar-refractivity contribution is 5.82. The number of aromatic nitrogens is 2. The number of nitrogens with zero attached hydrogens (tertiary/aromatic N) is 2. The first-order valence-electron chi connectivity index (χ1n) is 6.55. The number of rotatable bonds is 4. The first-order chi connectivity index (χ1) is 9.24. The van der Waals surface area contributed by atoms with Crippen LogP contribution >= 0.6 is 0 Å². The van der Waals surface area contributed by atoms with E-state index in [1.54, 1.807) is 4.68 Å². The molecular formula is C15H17N3O. The molecule has 0 aliphatic heterocycles. The summed E-state index contributed by atoms with van der Waals surface area (Å²) in [4.78, 5) is 12.0. The average molecular weight is 255 g/mol. The van der Waals surface area contributed by atoms with Gasteiger partial charge in [-0.1, -0.05) is 30.3 Å². The third-order valence-corrected chi connectivity index (χ3v) is 3.57. The molecule has 4 nitrogen and oxygen atoms in total. The quantitative estimate of drug-likeness (QED) is 0.906. The van der Waals surface area contributed by atoms with Crippen LogP contribution in [-0.2, 0) is 18.4 Å². The molecule has 1 aromatic heterocycles. The van der Waals surface area contributed by atoms with Gasteiger partial charge in [0.15, 0.2) is 0 Å². The number of nitrogens with one attached hydrogen (secondary N) is 1. The molecule has 0 radical (unpaired) electrons. The Labute approximate surface area is 112 Å². The van der Waals surface area contributed by atoms with Crippen molar-refractivity contribution in [3.63, 3.8) is 0 Å². The molecule has 0 bridgehead atoms. The fraction of sp³-hybridized carbons (Fsp3) is 0.333. The number of carbonyl (C=O) groups excluding carboxylic acids is 1. The lowest BCUT2D eigenvalue weighted by Crippen LogP contribution is -2.25. The van der Waals surface area contributed by atoms with Crippen LogP contribution in [-0.4, -0.2) is 15.7 Å². The van der Waals surface area contributed by atoms with Crippen molar-refractivity contribution < 1.29 is 4.79 Å². The monoisotopic (exact) mass is 255 g/mol. The molecule has 0 saturated heterocycles. The summed E-state index contributed by atoms with van der Waals surface area (Å²) in [6.07, 6.45) is 2.84. The number of benzene rings is 1. The largest absolute Gasteiger partial charge is 0.350 e. The lowest BCUT2D eigenvalue weighted by molar-refractivity contribution is -0.122. The number of amides is 1. The van der Waals surface area contributed by atoms with Crippen LogP contribution < -0.4 is 5.32 Å². The van der Waals surface area contributed by atoms with Gasteiger partial charge in [0, 0.05) is 19.2 Å². The SMILES string of the molecule is Cn1ccc(CNC(=O)C2CC2c2ccccc2)n1. The molecule has 1 aliphatic carbocycles. The predicted octanol–water partition coefficient (Wildman–Crippen LogP) is 1.84. The minimum Gasteiger partial charge on any atom is -0.350 e. The van der Waals surface area contributed by atoms with Gasteiger partial charge in [0.1, 0.15) is 0 Å². The third-order valence-electron chi connectivity index (χ3n) is 3.57. The van der Waals surface area contributed by atoms with Crippen LogP contribution in [0, 0.1) is 5.92 Å². The van der Waals surface area contributed by atoms with E-state index < -0.39 is 0 Å². The molecule has 2 aromatic rings. The second kappa shape index (κ2) is 4.88. The highest BCUT2D eigenvalue weighted by Crippen LogP contribution is 2.47. The highest BCUT2D eigenvalue weighted by Gasteiger charge is 2.43. The Morgan fingerprint density at radius 1 is 1.37 bits per heavy atom. The molecule has 1 fully saturated rings. The van der Waals surface area contributed by atoms with Crippen molar-refractivity contribution in [2.45, 2.75) is 18.9 Å². The number of aryl methyl sites for hydroxylation is 1. The van der Waals surface area contributed by atoms with E-state index in [0.717, 1.165) is 12.1 Å². The van der Waals surface area contributed by atoms with E-state index in [2.05, 4.69) is 22.5 Å². The lowest BCUT2D eigenvalue weighted by Gasteiger charge is -2.03. The van der Waals surface area contributed by atoms with Crippen molar-refractivity contribution in [3.05, 3.63) is 53.9 Å². The van der Waals surface area contributed by atoms with E-state index in [0.29, 0.717) is 12.5 Å². The highest BCUT2D eigenvalue weighted by atomic mass is 16.2. The van der Waals surface area contributed by atoms with Gasteiger partial charge in [-0.15, -0.1) is 0 Å². The molecule has 98 valence electrons. The predicted molar refractivity (Wildman–Crippen MR) is 72.3 cm³/mol. The zero-order valence-electron chi connectivity index (χ0n) is 10.9. The smallest absolute Gasteiger partial charge is 0.224 e. The van der Waals surface area contributed by atoms with Crippen molar-refractivity contribution in [3.8, 4) is 0 Å². The molecule has 19 heavy (non-hydrogen) atoms. The van der Waals surface area contributed by atoms with Gasteiger partial charge in [-0.05, 0) is 24.0 Å². The van der Waals surface area contributed by atoms with Crippen LogP contribution in [0.25, 0.3) is 0 Å². The molecule has 2 atom stereocenters. The van der Waals surface area contributed by atoms with Gasteiger partial charge in [-0.25, -0.2) is 0 Å². The Kier molecular flexibility index (Phi) is 3.07. The Bertz CT molecular complexity index is 576. The molecule has 0 spiro atoms. The number of carbonyl (C=O) groups is 1. The molecule has 1 N–H and O–H groups in total. The van der Waals surface area contributed by atoms with E-state index in [1.807, 2.05) is 37.5 Å². The average Bonchev–Trinajstić information content (AvgIpc) is 3.14. The van der Waals surface area contributed by atoms with Gasteiger partial charge in [-0.3, -0.25) is 9.48 Å². The Morgan fingerprint density at radius 2 is 2.16 bits per heavy atom. The number of hydrogen-bond acceptors (Lipinski definition) is 2. The maximum atomic E-state index is 12.0. The summed E-state index contributed by atoms with van der Waals surface area (Å²) < 4.78 is 1.74. The molecule has 1 aliphatic rings. The molecule has 2 unspecified atom stereocenters. The minimum atomic E-state index is 0.131. The van der Waals surface area contributed by atoms with Gasteiger partial charge >= 0.3 is 0 Å². The summed E-state index contributed by atoms with van der Waals surface area (Å²) in [5, 5.41) is 7.20. The van der Waals surface area contributed by atoms with E-state index in [1.165, 1.54) is 5.56 Å². The second-order valence-corrected chi connectivity index (χ2v) is 5.06. The first kappa shape index (κ1) is 12.0. The summed E-state index contributed by atoms with van der Waals surface area (Å²) in [5.74, 6) is 0.663. The molecule has 1 heterocycles. The van der Waals surface area contributed by atoms with Crippen molar-refractivity contribution in [1.29, 1.82) is 0 Å². The number of hydrogen-bond donors (Lipinski definition) is 1. The fourth-order valence-electron chi connectivity index (χ4n) is 2.42. The van der Waals surface area contributed by atoms with Crippen molar-refractivity contribution in [2.75, 3.05) is 0 Å². The van der Waals surface area contributed by atoms with Gasteiger partial charge in [0.2, 0.25) is 5.91 Å². The third kappa shape index (κ3) is 2.67. The van der Waals surface area contributed by atoms with E-state index in [-0.39, 0.29) is 11.8 Å². The lowest BCUT2D eigenvalue weighted by atomic mass is 10.1. The van der Waals surface area contributed by atoms with Gasteiger partial charge < -0.3 is 5.32 Å². The van der Waals surface area contributed by atoms with Crippen molar-refractivity contribution in [2.24, 2.45) is 13.0 Å². The maximum absolute atomic E-state index is 12.0. The summed E-state index contributed by atoms with van der Waals surface area (Å²) in [6.45, 7) is 0.512. The normalized spacial score (nSPS) is 21.1. The van der Waals surface area contributed by atoms with Crippen LogP contribution in [0.15, 0.2) is 42.6 Å². The van der Waals surface area contributed by atoms with Crippen molar-refractivity contribution in [1.82, 2.24) is 15.1 Å². The zero-order chi connectivity index (χ0) is 13.2. The Morgan fingerprint density at radius 3 is 2.84 bits per heavy atom. The Hall–Kier alpha value is -2.10. The van der Waals surface area contributed by atoms with Crippen LogP contribution in [0.2, 0.25) is 0 Å². The van der Waals surface area contributed by atoms with Crippen molar-refractivity contribution >= 4 is 5.91 Å². The summed E-state index contributed by atoms with van der Waals surface area (Å²) >= 11 is 0.